The second kappa shape index (κ2) is 5.60. The highest BCUT2D eigenvalue weighted by atomic mass is 16.1. The molecule has 1 unspecified atom stereocenters. The maximum Gasteiger partial charge on any atom is 0.225 e. The molecule has 116 valence electrons. The van der Waals surface area contributed by atoms with Gasteiger partial charge in [-0.15, -0.1) is 0 Å². The summed E-state index contributed by atoms with van der Waals surface area (Å²) in [6, 6.07) is 0. The first-order chi connectivity index (χ1) is 9.70. The molecule has 6 nitrogen and oxygen atoms in total. The van der Waals surface area contributed by atoms with E-state index in [1.165, 1.54) is 0 Å². The number of aromatic nitrogens is 2. The summed E-state index contributed by atoms with van der Waals surface area (Å²) >= 11 is 0. The van der Waals surface area contributed by atoms with Crippen LogP contribution in [0.5, 0.6) is 0 Å². The SMILES string of the molecule is CC(C)(C)NCc1cnc(N2CCC(C)(C(N)=O)C2)nc1. The summed E-state index contributed by atoms with van der Waals surface area (Å²) in [7, 11) is 0. The van der Waals surface area contributed by atoms with Crippen molar-refractivity contribution in [3.63, 3.8) is 0 Å². The van der Waals surface area contributed by atoms with Gasteiger partial charge in [0.1, 0.15) is 0 Å². The standard InChI is InChI=1S/C15H25N5O/c1-14(2,3)19-9-11-7-17-13(18-8-11)20-6-5-15(4,10-20)12(16)21/h7-8,19H,5-6,9-10H2,1-4H3,(H2,16,21). The molecule has 21 heavy (non-hydrogen) atoms. The van der Waals surface area contributed by atoms with Crippen LogP contribution in [-0.4, -0.2) is 34.5 Å². The van der Waals surface area contributed by atoms with Crippen LogP contribution in [0, 0.1) is 5.41 Å². The molecule has 1 amide bonds. The van der Waals surface area contributed by atoms with E-state index in [9.17, 15) is 4.79 Å². The number of primary amides is 1. The number of nitrogens with zero attached hydrogens (tertiary/aromatic N) is 3. The predicted molar refractivity (Wildman–Crippen MR) is 82.8 cm³/mol. The zero-order valence-electron chi connectivity index (χ0n) is 13.3. The molecule has 2 heterocycles. The topological polar surface area (TPSA) is 84.1 Å². The summed E-state index contributed by atoms with van der Waals surface area (Å²) in [5.41, 5.74) is 6.10. The minimum Gasteiger partial charge on any atom is -0.369 e. The highest BCUT2D eigenvalue weighted by Crippen LogP contribution is 2.31. The smallest absolute Gasteiger partial charge is 0.225 e. The second-order valence-electron chi connectivity index (χ2n) is 7.09. The summed E-state index contributed by atoms with van der Waals surface area (Å²) in [5.74, 6) is 0.412. The van der Waals surface area contributed by atoms with Gasteiger partial charge < -0.3 is 16.0 Å². The van der Waals surface area contributed by atoms with E-state index in [2.05, 4.69) is 36.1 Å². The van der Waals surface area contributed by atoms with Gasteiger partial charge in [0, 0.05) is 43.1 Å². The molecule has 1 atom stereocenters. The van der Waals surface area contributed by atoms with Crippen LogP contribution in [-0.2, 0) is 11.3 Å². The Morgan fingerprint density at radius 2 is 2.05 bits per heavy atom. The van der Waals surface area contributed by atoms with E-state index in [4.69, 9.17) is 5.73 Å². The number of nitrogens with two attached hydrogens (primary N) is 1. The molecule has 1 aliphatic rings. The molecule has 1 aliphatic heterocycles. The molecular weight excluding hydrogens is 266 g/mol. The molecule has 0 saturated carbocycles. The molecule has 0 radical (unpaired) electrons. The number of hydrogen-bond donors (Lipinski definition) is 2. The van der Waals surface area contributed by atoms with E-state index >= 15 is 0 Å². The van der Waals surface area contributed by atoms with Crippen molar-refractivity contribution in [2.45, 2.75) is 46.2 Å². The lowest BCUT2D eigenvalue weighted by Gasteiger charge is -2.22. The van der Waals surface area contributed by atoms with Crippen LogP contribution in [0.25, 0.3) is 0 Å². The molecule has 1 aromatic rings. The Labute approximate surface area is 126 Å². The fraction of sp³-hybridized carbons (Fsp3) is 0.667. The number of anilines is 1. The minimum atomic E-state index is -0.476. The van der Waals surface area contributed by atoms with Gasteiger partial charge in [-0.25, -0.2) is 9.97 Å². The van der Waals surface area contributed by atoms with Crippen molar-refractivity contribution in [1.82, 2.24) is 15.3 Å². The number of hydrogen-bond acceptors (Lipinski definition) is 5. The average molecular weight is 291 g/mol. The maximum atomic E-state index is 11.5. The van der Waals surface area contributed by atoms with Gasteiger partial charge in [0.15, 0.2) is 0 Å². The zero-order valence-corrected chi connectivity index (χ0v) is 13.3. The van der Waals surface area contributed by atoms with Crippen molar-refractivity contribution in [2.75, 3.05) is 18.0 Å². The van der Waals surface area contributed by atoms with Gasteiger partial charge in [0.05, 0.1) is 5.41 Å². The van der Waals surface area contributed by atoms with E-state index in [0.29, 0.717) is 12.5 Å². The van der Waals surface area contributed by atoms with Gasteiger partial charge in [0.2, 0.25) is 11.9 Å². The van der Waals surface area contributed by atoms with E-state index in [0.717, 1.165) is 25.1 Å². The largest absolute Gasteiger partial charge is 0.369 e. The van der Waals surface area contributed by atoms with Crippen LogP contribution in [0.2, 0.25) is 0 Å². The minimum absolute atomic E-state index is 0.0664. The zero-order chi connectivity index (χ0) is 15.7. The third-order valence-corrected chi connectivity index (χ3v) is 3.87. The van der Waals surface area contributed by atoms with Crippen LogP contribution < -0.4 is 16.0 Å². The van der Waals surface area contributed by atoms with Crippen molar-refractivity contribution in [1.29, 1.82) is 0 Å². The van der Waals surface area contributed by atoms with Gasteiger partial charge in [-0.05, 0) is 34.1 Å². The quantitative estimate of drug-likeness (QED) is 0.867. The summed E-state index contributed by atoms with van der Waals surface area (Å²) in [6.07, 6.45) is 4.42. The van der Waals surface area contributed by atoms with Crippen molar-refractivity contribution in [2.24, 2.45) is 11.1 Å². The third-order valence-electron chi connectivity index (χ3n) is 3.87. The number of amides is 1. The molecule has 0 aromatic carbocycles. The van der Waals surface area contributed by atoms with E-state index in [1.807, 2.05) is 24.2 Å². The molecule has 1 aromatic heterocycles. The lowest BCUT2D eigenvalue weighted by atomic mass is 9.89. The van der Waals surface area contributed by atoms with Gasteiger partial charge >= 0.3 is 0 Å². The Morgan fingerprint density at radius 3 is 2.52 bits per heavy atom. The molecule has 3 N–H and O–H groups in total. The molecule has 1 fully saturated rings. The lowest BCUT2D eigenvalue weighted by Crippen LogP contribution is -2.37. The van der Waals surface area contributed by atoms with Crippen molar-refractivity contribution in [3.05, 3.63) is 18.0 Å². The monoisotopic (exact) mass is 291 g/mol. The van der Waals surface area contributed by atoms with Crippen molar-refractivity contribution >= 4 is 11.9 Å². The van der Waals surface area contributed by atoms with Crippen LogP contribution >= 0.6 is 0 Å². The second-order valence-corrected chi connectivity index (χ2v) is 7.09. The Morgan fingerprint density at radius 1 is 1.43 bits per heavy atom. The summed E-state index contributed by atoms with van der Waals surface area (Å²) in [4.78, 5) is 22.3. The van der Waals surface area contributed by atoms with Gasteiger partial charge in [-0.1, -0.05) is 0 Å². The first-order valence-electron chi connectivity index (χ1n) is 7.30. The van der Waals surface area contributed by atoms with Crippen molar-refractivity contribution in [3.8, 4) is 0 Å². The fourth-order valence-electron chi connectivity index (χ4n) is 2.30. The van der Waals surface area contributed by atoms with Crippen LogP contribution in [0.4, 0.5) is 5.95 Å². The Kier molecular flexibility index (Phi) is 4.18. The van der Waals surface area contributed by atoms with E-state index < -0.39 is 5.41 Å². The lowest BCUT2D eigenvalue weighted by molar-refractivity contribution is -0.125. The number of carbonyl (C=O) groups is 1. The summed E-state index contributed by atoms with van der Waals surface area (Å²) in [6.45, 7) is 10.4. The summed E-state index contributed by atoms with van der Waals surface area (Å²) in [5, 5.41) is 3.40. The van der Waals surface area contributed by atoms with E-state index in [1.54, 1.807) is 0 Å². The molecule has 0 spiro atoms. The van der Waals surface area contributed by atoms with Crippen LogP contribution in [0.1, 0.15) is 39.7 Å². The van der Waals surface area contributed by atoms with Gasteiger partial charge in [-0.2, -0.15) is 0 Å². The number of carbonyl (C=O) groups excluding carboxylic acids is 1. The van der Waals surface area contributed by atoms with Gasteiger partial charge in [-0.3, -0.25) is 4.79 Å². The first kappa shape index (κ1) is 15.7. The summed E-state index contributed by atoms with van der Waals surface area (Å²) < 4.78 is 0. The molecule has 2 rings (SSSR count). The predicted octanol–water partition coefficient (Wildman–Crippen LogP) is 1.07. The third kappa shape index (κ3) is 3.91. The molecule has 0 bridgehead atoms. The molecular formula is C15H25N5O. The van der Waals surface area contributed by atoms with Crippen LogP contribution in [0.3, 0.4) is 0 Å². The highest BCUT2D eigenvalue weighted by molar-refractivity contribution is 5.81. The number of nitrogens with one attached hydrogen (secondary N) is 1. The maximum absolute atomic E-state index is 11.5. The van der Waals surface area contributed by atoms with Crippen molar-refractivity contribution < 1.29 is 4.79 Å². The normalized spacial score (nSPS) is 22.6. The Bertz CT molecular complexity index is 508. The van der Waals surface area contributed by atoms with E-state index in [-0.39, 0.29) is 11.4 Å². The molecule has 6 heteroatoms. The number of rotatable bonds is 4. The first-order valence-corrected chi connectivity index (χ1v) is 7.30. The van der Waals surface area contributed by atoms with Crippen LogP contribution in [0.15, 0.2) is 12.4 Å². The fourth-order valence-corrected chi connectivity index (χ4v) is 2.30. The highest BCUT2D eigenvalue weighted by Gasteiger charge is 2.39. The molecule has 0 aliphatic carbocycles. The van der Waals surface area contributed by atoms with Gasteiger partial charge in [0.25, 0.3) is 0 Å². The Hall–Kier alpha value is -1.69. The molecule has 1 saturated heterocycles. The average Bonchev–Trinajstić information content (AvgIpc) is 2.80. The Balaban J connectivity index is 1.99.